The molecule has 0 aliphatic rings. The zero-order valence-corrected chi connectivity index (χ0v) is 11.6. The van der Waals surface area contributed by atoms with E-state index in [-0.39, 0.29) is 10.6 Å². The number of nitrogens with two attached hydrogens (primary N) is 1. The van der Waals surface area contributed by atoms with E-state index in [9.17, 15) is 21.6 Å². The molecule has 0 saturated heterocycles. The molecule has 8 heteroatoms. The van der Waals surface area contributed by atoms with Crippen LogP contribution in [0.25, 0.3) is 0 Å². The second-order valence-electron chi connectivity index (χ2n) is 4.33. The summed E-state index contributed by atoms with van der Waals surface area (Å²) in [5, 5.41) is 0. The summed E-state index contributed by atoms with van der Waals surface area (Å²) in [7, 11) is -4.10. The van der Waals surface area contributed by atoms with Crippen LogP contribution in [-0.2, 0) is 10.0 Å². The van der Waals surface area contributed by atoms with Crippen molar-refractivity contribution in [3.63, 3.8) is 0 Å². The van der Waals surface area contributed by atoms with Crippen molar-refractivity contribution in [1.29, 1.82) is 0 Å². The SMILES string of the molecule is Cc1c(N)cccc1S(=O)(=O)Nc1cc(F)c(F)c(F)c1. The summed E-state index contributed by atoms with van der Waals surface area (Å²) < 4.78 is 65.4. The Morgan fingerprint density at radius 3 is 2.24 bits per heavy atom. The van der Waals surface area contributed by atoms with E-state index in [1.54, 1.807) is 0 Å². The number of nitrogen functional groups attached to an aromatic ring is 1. The molecule has 3 N–H and O–H groups in total. The Balaban J connectivity index is 2.45. The van der Waals surface area contributed by atoms with Crippen molar-refractivity contribution >= 4 is 21.4 Å². The third-order valence-electron chi connectivity index (χ3n) is 2.85. The van der Waals surface area contributed by atoms with Crippen LogP contribution in [0, 0.1) is 24.4 Å². The number of hydrogen-bond donors (Lipinski definition) is 2. The van der Waals surface area contributed by atoms with Gasteiger partial charge in [-0.15, -0.1) is 0 Å². The number of benzene rings is 2. The molecule has 0 unspecified atom stereocenters. The van der Waals surface area contributed by atoms with E-state index >= 15 is 0 Å². The number of rotatable bonds is 3. The van der Waals surface area contributed by atoms with E-state index in [0.29, 0.717) is 17.7 Å². The Morgan fingerprint density at radius 2 is 1.67 bits per heavy atom. The minimum Gasteiger partial charge on any atom is -0.398 e. The van der Waals surface area contributed by atoms with Crippen LogP contribution in [0.3, 0.4) is 0 Å². The molecule has 0 spiro atoms. The molecule has 2 aromatic rings. The van der Waals surface area contributed by atoms with E-state index in [2.05, 4.69) is 0 Å². The second kappa shape index (κ2) is 5.28. The highest BCUT2D eigenvalue weighted by molar-refractivity contribution is 7.92. The molecule has 4 nitrogen and oxygen atoms in total. The second-order valence-corrected chi connectivity index (χ2v) is 5.98. The summed E-state index contributed by atoms with van der Waals surface area (Å²) in [4.78, 5) is -0.132. The van der Waals surface area contributed by atoms with Gasteiger partial charge in [0, 0.05) is 17.8 Å². The predicted octanol–water partition coefficient (Wildman–Crippen LogP) is 2.80. The largest absolute Gasteiger partial charge is 0.398 e. The summed E-state index contributed by atoms with van der Waals surface area (Å²) in [6.45, 7) is 1.50. The molecule has 0 fully saturated rings. The number of sulfonamides is 1. The first-order chi connectivity index (χ1) is 9.72. The topological polar surface area (TPSA) is 72.2 Å². The highest BCUT2D eigenvalue weighted by atomic mass is 32.2. The molecule has 0 aliphatic heterocycles. The first kappa shape index (κ1) is 15.2. The van der Waals surface area contributed by atoms with Crippen molar-refractivity contribution in [2.45, 2.75) is 11.8 Å². The van der Waals surface area contributed by atoms with Crippen molar-refractivity contribution in [3.05, 3.63) is 53.3 Å². The van der Waals surface area contributed by atoms with Crippen LogP contribution in [0.5, 0.6) is 0 Å². The lowest BCUT2D eigenvalue weighted by Gasteiger charge is -2.12. The highest BCUT2D eigenvalue weighted by Gasteiger charge is 2.20. The maximum atomic E-state index is 13.1. The normalized spacial score (nSPS) is 11.4. The first-order valence-corrected chi connectivity index (χ1v) is 7.23. The van der Waals surface area contributed by atoms with Gasteiger partial charge >= 0.3 is 0 Å². The Bertz CT molecular complexity index is 784. The Hall–Kier alpha value is -2.22. The van der Waals surface area contributed by atoms with E-state index in [4.69, 9.17) is 5.73 Å². The van der Waals surface area contributed by atoms with Gasteiger partial charge in [0.15, 0.2) is 17.5 Å². The fourth-order valence-corrected chi connectivity index (χ4v) is 3.06. The van der Waals surface area contributed by atoms with E-state index in [0.717, 1.165) is 0 Å². The van der Waals surface area contributed by atoms with Gasteiger partial charge in [-0.25, -0.2) is 21.6 Å². The quantitative estimate of drug-likeness (QED) is 0.675. The summed E-state index contributed by atoms with van der Waals surface area (Å²) in [6, 6.07) is 5.35. The number of anilines is 2. The summed E-state index contributed by atoms with van der Waals surface area (Å²) >= 11 is 0. The minimum atomic E-state index is -4.10. The summed E-state index contributed by atoms with van der Waals surface area (Å²) in [6.07, 6.45) is 0. The van der Waals surface area contributed by atoms with Crippen LogP contribution in [0.1, 0.15) is 5.56 Å². The van der Waals surface area contributed by atoms with Crippen LogP contribution in [0.15, 0.2) is 35.2 Å². The number of hydrogen-bond acceptors (Lipinski definition) is 3. The van der Waals surface area contributed by atoms with Crippen molar-refractivity contribution in [2.24, 2.45) is 0 Å². The zero-order valence-electron chi connectivity index (χ0n) is 10.8. The maximum absolute atomic E-state index is 13.1. The monoisotopic (exact) mass is 316 g/mol. The fraction of sp³-hybridized carbons (Fsp3) is 0.0769. The van der Waals surface area contributed by atoms with Crippen molar-refractivity contribution < 1.29 is 21.6 Å². The van der Waals surface area contributed by atoms with Gasteiger partial charge in [-0.2, -0.15) is 0 Å². The fourth-order valence-electron chi connectivity index (χ4n) is 1.75. The Morgan fingerprint density at radius 1 is 1.10 bits per heavy atom. The molecular formula is C13H11F3N2O2S. The first-order valence-electron chi connectivity index (χ1n) is 5.75. The van der Waals surface area contributed by atoms with E-state index in [1.807, 2.05) is 4.72 Å². The molecule has 21 heavy (non-hydrogen) atoms. The van der Waals surface area contributed by atoms with Crippen LogP contribution >= 0.6 is 0 Å². The molecule has 0 bridgehead atoms. The maximum Gasteiger partial charge on any atom is 0.262 e. The third kappa shape index (κ3) is 2.94. The van der Waals surface area contributed by atoms with Gasteiger partial charge in [-0.3, -0.25) is 4.72 Å². The van der Waals surface area contributed by atoms with Crippen LogP contribution in [0.4, 0.5) is 24.5 Å². The Kier molecular flexibility index (Phi) is 3.82. The van der Waals surface area contributed by atoms with Gasteiger partial charge in [0.1, 0.15) is 0 Å². The molecule has 0 amide bonds. The highest BCUT2D eigenvalue weighted by Crippen LogP contribution is 2.24. The van der Waals surface area contributed by atoms with Gasteiger partial charge in [0.25, 0.3) is 10.0 Å². The summed E-state index contributed by atoms with van der Waals surface area (Å²) in [5.41, 5.74) is 5.75. The standard InChI is InChI=1S/C13H11F3N2O2S/c1-7-11(17)3-2-4-12(7)21(19,20)18-8-5-9(14)13(16)10(15)6-8/h2-6,18H,17H2,1H3. The lowest BCUT2D eigenvalue weighted by Crippen LogP contribution is -2.15. The van der Waals surface area contributed by atoms with Crippen molar-refractivity contribution in [3.8, 4) is 0 Å². The van der Waals surface area contributed by atoms with Crippen LogP contribution < -0.4 is 10.5 Å². The molecule has 0 atom stereocenters. The summed E-state index contributed by atoms with van der Waals surface area (Å²) in [5.74, 6) is -4.65. The Labute approximate surface area is 119 Å². The average Bonchev–Trinajstić information content (AvgIpc) is 2.38. The smallest absolute Gasteiger partial charge is 0.262 e. The average molecular weight is 316 g/mol. The number of nitrogens with one attached hydrogen (secondary N) is 1. The molecule has 112 valence electrons. The number of halogens is 3. The molecule has 2 aromatic carbocycles. The van der Waals surface area contributed by atoms with Crippen LogP contribution in [-0.4, -0.2) is 8.42 Å². The molecule has 0 saturated carbocycles. The lowest BCUT2D eigenvalue weighted by atomic mass is 10.2. The van der Waals surface area contributed by atoms with Gasteiger partial charge in [-0.05, 0) is 24.6 Å². The molecule has 0 heterocycles. The van der Waals surface area contributed by atoms with Crippen molar-refractivity contribution in [2.75, 3.05) is 10.5 Å². The molecule has 0 aromatic heterocycles. The van der Waals surface area contributed by atoms with E-state index < -0.39 is 33.2 Å². The van der Waals surface area contributed by atoms with Crippen molar-refractivity contribution in [1.82, 2.24) is 0 Å². The van der Waals surface area contributed by atoms with E-state index in [1.165, 1.54) is 25.1 Å². The van der Waals surface area contributed by atoms with Gasteiger partial charge in [-0.1, -0.05) is 6.07 Å². The predicted molar refractivity (Wildman–Crippen MR) is 72.7 cm³/mol. The minimum absolute atomic E-state index is 0.132. The lowest BCUT2D eigenvalue weighted by molar-refractivity contribution is 0.448. The van der Waals surface area contributed by atoms with Crippen LogP contribution in [0.2, 0.25) is 0 Å². The molecule has 2 rings (SSSR count). The van der Waals surface area contributed by atoms with Gasteiger partial charge in [0.2, 0.25) is 0 Å². The third-order valence-corrected chi connectivity index (χ3v) is 4.38. The zero-order chi connectivity index (χ0) is 15.8. The molecule has 0 radical (unpaired) electrons. The van der Waals surface area contributed by atoms with Gasteiger partial charge < -0.3 is 5.73 Å². The van der Waals surface area contributed by atoms with Gasteiger partial charge in [0.05, 0.1) is 10.6 Å². The molecule has 0 aliphatic carbocycles. The molecular weight excluding hydrogens is 305 g/mol.